The predicted molar refractivity (Wildman–Crippen MR) is 120 cm³/mol. The quantitative estimate of drug-likeness (QED) is 0.711. The lowest BCUT2D eigenvalue weighted by atomic mass is 9.89. The highest BCUT2D eigenvalue weighted by molar-refractivity contribution is 7.13. The molecule has 0 N–H and O–H groups in total. The number of nitrogens with zero attached hydrogens (tertiary/aromatic N) is 3. The van der Waals surface area contributed by atoms with E-state index < -0.39 is 0 Å². The van der Waals surface area contributed by atoms with E-state index in [1.165, 1.54) is 44.2 Å². The van der Waals surface area contributed by atoms with E-state index in [2.05, 4.69) is 34.1 Å². The average Bonchev–Trinajstić information content (AvgIpc) is 2.95. The van der Waals surface area contributed by atoms with Crippen molar-refractivity contribution in [1.29, 1.82) is 0 Å². The van der Waals surface area contributed by atoms with Crippen molar-refractivity contribution in [3.8, 4) is 0 Å². The second-order valence-electron chi connectivity index (χ2n) is 8.63. The molecule has 1 aromatic carbocycles. The van der Waals surface area contributed by atoms with Crippen LogP contribution in [0.4, 0.5) is 0 Å². The summed E-state index contributed by atoms with van der Waals surface area (Å²) in [5.41, 5.74) is 2.13. The topological polar surface area (TPSA) is 36.4 Å². The summed E-state index contributed by atoms with van der Waals surface area (Å²) in [5.74, 6) is 1.05. The first-order chi connectivity index (χ1) is 14.2. The second-order valence-corrected chi connectivity index (χ2v) is 9.72. The van der Waals surface area contributed by atoms with E-state index >= 15 is 0 Å². The van der Waals surface area contributed by atoms with Gasteiger partial charge in [0.05, 0.1) is 10.7 Å². The lowest BCUT2D eigenvalue weighted by Gasteiger charge is -2.28. The van der Waals surface area contributed by atoms with Crippen LogP contribution in [0, 0.1) is 12.8 Å². The minimum absolute atomic E-state index is 0.179. The molecule has 0 spiro atoms. The number of hydrogen-bond donors (Lipinski definition) is 0. The van der Waals surface area contributed by atoms with Gasteiger partial charge in [-0.1, -0.05) is 49.6 Å². The normalized spacial score (nSPS) is 19.3. The van der Waals surface area contributed by atoms with E-state index in [-0.39, 0.29) is 5.91 Å². The Balaban J connectivity index is 1.35. The number of aromatic nitrogens is 1. The van der Waals surface area contributed by atoms with Gasteiger partial charge < -0.3 is 9.80 Å². The van der Waals surface area contributed by atoms with Crippen LogP contribution in [0.2, 0.25) is 0 Å². The Bertz CT molecular complexity index is 798. The molecule has 1 saturated heterocycles. The first-order valence-electron chi connectivity index (χ1n) is 11.2. The molecule has 156 valence electrons. The van der Waals surface area contributed by atoms with Gasteiger partial charge in [-0.15, -0.1) is 11.3 Å². The number of hydrogen-bond acceptors (Lipinski definition) is 4. The third-order valence-electron chi connectivity index (χ3n) is 6.35. The monoisotopic (exact) mass is 411 g/mol. The van der Waals surface area contributed by atoms with Crippen LogP contribution in [0.15, 0.2) is 30.3 Å². The molecule has 1 aromatic heterocycles. The van der Waals surface area contributed by atoms with Gasteiger partial charge in [-0.25, -0.2) is 4.98 Å². The SMILES string of the molecule is Cc1nc(Cc2ccccc2)sc1C(=O)N1CCCN(CC2CCCCC2)CC1. The van der Waals surface area contributed by atoms with Gasteiger partial charge in [0, 0.05) is 32.6 Å². The maximum absolute atomic E-state index is 13.2. The van der Waals surface area contributed by atoms with Gasteiger partial charge >= 0.3 is 0 Å². The molecule has 2 aliphatic rings. The summed E-state index contributed by atoms with van der Waals surface area (Å²) >= 11 is 1.58. The first-order valence-corrected chi connectivity index (χ1v) is 12.0. The Labute approximate surface area is 178 Å². The molecule has 2 fully saturated rings. The molecule has 1 amide bonds. The molecule has 2 heterocycles. The molecule has 2 aromatic rings. The molecular formula is C24H33N3OS. The fraction of sp³-hybridized carbons (Fsp3) is 0.583. The molecule has 4 rings (SSSR count). The zero-order valence-corrected chi connectivity index (χ0v) is 18.4. The van der Waals surface area contributed by atoms with Crippen molar-refractivity contribution in [2.75, 3.05) is 32.7 Å². The summed E-state index contributed by atoms with van der Waals surface area (Å²) in [4.78, 5) is 23.4. The molecule has 4 nitrogen and oxygen atoms in total. The van der Waals surface area contributed by atoms with Crippen LogP contribution in [-0.4, -0.2) is 53.4 Å². The van der Waals surface area contributed by atoms with E-state index in [0.29, 0.717) is 0 Å². The van der Waals surface area contributed by atoms with Gasteiger partial charge in [-0.2, -0.15) is 0 Å². The summed E-state index contributed by atoms with van der Waals surface area (Å²) in [6.07, 6.45) is 8.88. The summed E-state index contributed by atoms with van der Waals surface area (Å²) in [7, 11) is 0. The third kappa shape index (κ3) is 5.46. The number of rotatable bonds is 5. The molecule has 1 saturated carbocycles. The molecule has 5 heteroatoms. The zero-order valence-electron chi connectivity index (χ0n) is 17.6. The van der Waals surface area contributed by atoms with Crippen molar-refractivity contribution < 1.29 is 4.79 Å². The number of amides is 1. The van der Waals surface area contributed by atoms with E-state index in [1.807, 2.05) is 13.0 Å². The van der Waals surface area contributed by atoms with Gasteiger partial charge in [0.1, 0.15) is 4.88 Å². The lowest BCUT2D eigenvalue weighted by Crippen LogP contribution is -2.36. The minimum Gasteiger partial charge on any atom is -0.337 e. The Morgan fingerprint density at radius 1 is 1.03 bits per heavy atom. The average molecular weight is 412 g/mol. The van der Waals surface area contributed by atoms with Crippen LogP contribution >= 0.6 is 11.3 Å². The van der Waals surface area contributed by atoms with E-state index in [4.69, 9.17) is 4.98 Å². The number of benzene rings is 1. The largest absolute Gasteiger partial charge is 0.337 e. The van der Waals surface area contributed by atoms with Gasteiger partial charge in [-0.3, -0.25) is 4.79 Å². The fourth-order valence-electron chi connectivity index (χ4n) is 4.73. The summed E-state index contributed by atoms with van der Waals surface area (Å²) in [6.45, 7) is 7.05. The van der Waals surface area contributed by atoms with Crippen LogP contribution in [0.3, 0.4) is 0 Å². The second kappa shape index (κ2) is 9.86. The maximum atomic E-state index is 13.2. The highest BCUT2D eigenvalue weighted by Crippen LogP contribution is 2.26. The molecule has 0 radical (unpaired) electrons. The minimum atomic E-state index is 0.179. The van der Waals surface area contributed by atoms with Crippen LogP contribution in [0.25, 0.3) is 0 Å². The summed E-state index contributed by atoms with van der Waals surface area (Å²) in [5, 5.41) is 1.03. The molecule has 0 atom stereocenters. The van der Waals surface area contributed by atoms with Gasteiger partial charge in [-0.05, 0) is 44.2 Å². The molecule has 0 bridgehead atoms. The van der Waals surface area contributed by atoms with Crippen LogP contribution < -0.4 is 0 Å². The Morgan fingerprint density at radius 2 is 1.83 bits per heavy atom. The van der Waals surface area contributed by atoms with Crippen LogP contribution in [-0.2, 0) is 6.42 Å². The number of aryl methyl sites for hydroxylation is 1. The highest BCUT2D eigenvalue weighted by atomic mass is 32.1. The van der Waals surface area contributed by atoms with Gasteiger partial charge in [0.15, 0.2) is 0 Å². The van der Waals surface area contributed by atoms with Crippen LogP contribution in [0.1, 0.15) is 64.5 Å². The van der Waals surface area contributed by atoms with Gasteiger partial charge in [0.25, 0.3) is 5.91 Å². The number of thiazole rings is 1. The third-order valence-corrected chi connectivity index (χ3v) is 7.50. The number of carbonyl (C=O) groups excluding carboxylic acids is 1. The zero-order chi connectivity index (χ0) is 20.1. The standard InChI is InChI=1S/C24H33N3OS/c1-19-23(29-22(25-19)17-20-9-4-2-5-10-20)24(28)27-14-8-13-26(15-16-27)18-21-11-6-3-7-12-21/h2,4-5,9-10,21H,3,6-8,11-18H2,1H3. The van der Waals surface area contributed by atoms with Crippen molar-refractivity contribution in [3.63, 3.8) is 0 Å². The highest BCUT2D eigenvalue weighted by Gasteiger charge is 2.25. The van der Waals surface area contributed by atoms with Crippen LogP contribution in [0.5, 0.6) is 0 Å². The van der Waals surface area contributed by atoms with Gasteiger partial charge in [0.2, 0.25) is 0 Å². The van der Waals surface area contributed by atoms with Crippen molar-refractivity contribution >= 4 is 17.2 Å². The van der Waals surface area contributed by atoms with Crippen molar-refractivity contribution in [3.05, 3.63) is 51.5 Å². The summed E-state index contributed by atoms with van der Waals surface area (Å²) < 4.78 is 0. The Morgan fingerprint density at radius 3 is 2.62 bits per heavy atom. The van der Waals surface area contributed by atoms with Crippen molar-refractivity contribution in [1.82, 2.24) is 14.8 Å². The van der Waals surface area contributed by atoms with E-state index in [9.17, 15) is 4.79 Å². The fourth-order valence-corrected chi connectivity index (χ4v) is 5.80. The van der Waals surface area contributed by atoms with E-state index in [1.54, 1.807) is 11.3 Å². The number of carbonyl (C=O) groups is 1. The smallest absolute Gasteiger partial charge is 0.265 e. The molecular weight excluding hydrogens is 378 g/mol. The Kier molecular flexibility index (Phi) is 6.98. The van der Waals surface area contributed by atoms with Crippen molar-refractivity contribution in [2.24, 2.45) is 5.92 Å². The molecule has 0 unspecified atom stereocenters. The van der Waals surface area contributed by atoms with Crippen molar-refractivity contribution in [2.45, 2.75) is 51.9 Å². The van der Waals surface area contributed by atoms with E-state index in [0.717, 1.165) is 60.5 Å². The first kappa shape index (κ1) is 20.5. The maximum Gasteiger partial charge on any atom is 0.265 e. The molecule has 1 aliphatic carbocycles. The molecule has 1 aliphatic heterocycles. The lowest BCUT2D eigenvalue weighted by molar-refractivity contribution is 0.0764. The molecule has 29 heavy (non-hydrogen) atoms. The Hall–Kier alpha value is -1.72. The predicted octanol–water partition coefficient (Wildman–Crippen LogP) is 4.77. The summed E-state index contributed by atoms with van der Waals surface area (Å²) in [6, 6.07) is 10.4.